The average molecular weight is 486 g/mol. The zero-order valence-electron chi connectivity index (χ0n) is 16.8. The molecule has 1 aromatic carbocycles. The summed E-state index contributed by atoms with van der Waals surface area (Å²) >= 11 is 0. The van der Waals surface area contributed by atoms with Gasteiger partial charge in [-0.2, -0.15) is 0 Å². The van der Waals surface area contributed by atoms with Crippen molar-refractivity contribution in [3.63, 3.8) is 0 Å². The van der Waals surface area contributed by atoms with E-state index in [1.54, 1.807) is 0 Å². The van der Waals surface area contributed by atoms with E-state index in [1.807, 2.05) is 0 Å². The molecule has 0 unspecified atom stereocenters. The number of nitrogens with one attached hydrogen (secondary N) is 1. The molecule has 27 heavy (non-hydrogen) atoms. The maximum Gasteiger partial charge on any atom is 0.193 e. The van der Waals surface area contributed by atoms with E-state index in [1.165, 1.54) is 24.0 Å². The predicted molar refractivity (Wildman–Crippen MR) is 123 cm³/mol. The summed E-state index contributed by atoms with van der Waals surface area (Å²) in [4.78, 5) is 9.51. The molecular formula is C21H35IN4O. The number of nitrogens with zero attached hydrogens (tertiary/aromatic N) is 3. The molecule has 1 heterocycles. The number of hydrogen-bond donors (Lipinski definition) is 1. The van der Waals surface area contributed by atoms with E-state index in [0.29, 0.717) is 0 Å². The van der Waals surface area contributed by atoms with Gasteiger partial charge >= 0.3 is 0 Å². The lowest BCUT2D eigenvalue weighted by Gasteiger charge is -2.28. The SMILES string of the molecule is CCNC(=NCCN1CCc2ccccc2C1)N(C)CCOCC1CC1.I. The number of rotatable bonds is 9. The Morgan fingerprint density at radius 2 is 2.07 bits per heavy atom. The van der Waals surface area contributed by atoms with Crippen molar-refractivity contribution in [1.29, 1.82) is 0 Å². The molecule has 0 atom stereocenters. The van der Waals surface area contributed by atoms with Crippen molar-refractivity contribution in [3.8, 4) is 0 Å². The Bertz CT molecular complexity index is 591. The molecule has 0 bridgehead atoms. The molecule has 1 aliphatic carbocycles. The fourth-order valence-electron chi connectivity index (χ4n) is 3.35. The molecule has 1 aliphatic heterocycles. The second-order valence-electron chi connectivity index (χ2n) is 7.47. The minimum Gasteiger partial charge on any atom is -0.379 e. The molecule has 0 spiro atoms. The summed E-state index contributed by atoms with van der Waals surface area (Å²) in [6.45, 7) is 9.62. The number of aliphatic imine (C=N–C) groups is 1. The number of guanidine groups is 1. The first-order chi connectivity index (χ1) is 12.8. The molecule has 6 heteroatoms. The van der Waals surface area contributed by atoms with Gasteiger partial charge in [-0.3, -0.25) is 9.89 Å². The molecule has 1 saturated carbocycles. The van der Waals surface area contributed by atoms with Crippen LogP contribution >= 0.6 is 24.0 Å². The Hall–Kier alpha value is -0.860. The van der Waals surface area contributed by atoms with Crippen molar-refractivity contribution in [2.45, 2.75) is 32.7 Å². The van der Waals surface area contributed by atoms with Crippen molar-refractivity contribution in [3.05, 3.63) is 35.4 Å². The molecule has 2 aliphatic rings. The highest BCUT2D eigenvalue weighted by Crippen LogP contribution is 2.28. The van der Waals surface area contributed by atoms with E-state index >= 15 is 0 Å². The Morgan fingerprint density at radius 3 is 2.81 bits per heavy atom. The fourth-order valence-corrected chi connectivity index (χ4v) is 3.35. The topological polar surface area (TPSA) is 40.1 Å². The summed E-state index contributed by atoms with van der Waals surface area (Å²) in [7, 11) is 2.10. The maximum atomic E-state index is 5.76. The predicted octanol–water partition coefficient (Wildman–Crippen LogP) is 2.99. The molecule has 3 rings (SSSR count). The quantitative estimate of drug-likeness (QED) is 0.252. The minimum atomic E-state index is 0. The number of ether oxygens (including phenoxy) is 1. The van der Waals surface area contributed by atoms with Gasteiger partial charge in [-0.1, -0.05) is 24.3 Å². The lowest BCUT2D eigenvalue weighted by molar-refractivity contribution is 0.115. The van der Waals surface area contributed by atoms with Crippen molar-refractivity contribution in [2.75, 3.05) is 53.0 Å². The summed E-state index contributed by atoms with van der Waals surface area (Å²) in [5.74, 6) is 1.82. The zero-order valence-corrected chi connectivity index (χ0v) is 19.2. The molecule has 152 valence electrons. The van der Waals surface area contributed by atoms with Crippen LogP contribution in [0.5, 0.6) is 0 Å². The van der Waals surface area contributed by atoms with Crippen LogP contribution in [0.4, 0.5) is 0 Å². The number of halogens is 1. The van der Waals surface area contributed by atoms with Gasteiger partial charge in [0.2, 0.25) is 0 Å². The third kappa shape index (κ3) is 7.58. The first kappa shape index (κ1) is 22.4. The third-order valence-corrected chi connectivity index (χ3v) is 5.21. The number of hydrogen-bond acceptors (Lipinski definition) is 3. The zero-order chi connectivity index (χ0) is 18.2. The van der Waals surface area contributed by atoms with Gasteiger partial charge < -0.3 is 15.0 Å². The van der Waals surface area contributed by atoms with Gasteiger partial charge in [0.05, 0.1) is 13.2 Å². The van der Waals surface area contributed by atoms with Gasteiger partial charge in [-0.25, -0.2) is 0 Å². The van der Waals surface area contributed by atoms with Gasteiger partial charge in [0.1, 0.15) is 0 Å². The van der Waals surface area contributed by atoms with Crippen molar-refractivity contribution in [1.82, 2.24) is 15.1 Å². The van der Waals surface area contributed by atoms with E-state index in [-0.39, 0.29) is 24.0 Å². The van der Waals surface area contributed by atoms with Gasteiger partial charge in [0, 0.05) is 46.4 Å². The number of fused-ring (bicyclic) bond motifs is 1. The normalized spacial score (nSPS) is 17.2. The van der Waals surface area contributed by atoms with Crippen LogP contribution in [0.3, 0.4) is 0 Å². The molecule has 0 saturated heterocycles. The Balaban J connectivity index is 0.00000261. The molecule has 1 N–H and O–H groups in total. The first-order valence-electron chi connectivity index (χ1n) is 10.1. The van der Waals surface area contributed by atoms with Gasteiger partial charge in [0.25, 0.3) is 0 Å². The van der Waals surface area contributed by atoms with Crippen LogP contribution in [-0.4, -0.2) is 68.7 Å². The largest absolute Gasteiger partial charge is 0.379 e. The second kappa shape index (κ2) is 11.9. The van der Waals surface area contributed by atoms with Crippen molar-refractivity contribution >= 4 is 29.9 Å². The summed E-state index contributed by atoms with van der Waals surface area (Å²) < 4.78 is 5.76. The molecule has 1 fully saturated rings. The van der Waals surface area contributed by atoms with Crippen LogP contribution in [0.15, 0.2) is 29.3 Å². The first-order valence-corrected chi connectivity index (χ1v) is 10.1. The van der Waals surface area contributed by atoms with Gasteiger partial charge in [-0.15, -0.1) is 24.0 Å². The highest BCUT2D eigenvalue weighted by atomic mass is 127. The van der Waals surface area contributed by atoms with E-state index in [9.17, 15) is 0 Å². The maximum absolute atomic E-state index is 5.76. The average Bonchev–Trinajstić information content (AvgIpc) is 3.48. The van der Waals surface area contributed by atoms with Crippen LogP contribution in [0.1, 0.15) is 30.9 Å². The van der Waals surface area contributed by atoms with Crippen molar-refractivity contribution < 1.29 is 4.74 Å². The Kier molecular flexibility index (Phi) is 9.86. The summed E-state index contributed by atoms with van der Waals surface area (Å²) in [6, 6.07) is 8.80. The Morgan fingerprint density at radius 1 is 1.30 bits per heavy atom. The number of benzene rings is 1. The van der Waals surface area contributed by atoms with Crippen LogP contribution in [0.2, 0.25) is 0 Å². The van der Waals surface area contributed by atoms with E-state index < -0.39 is 0 Å². The monoisotopic (exact) mass is 486 g/mol. The highest BCUT2D eigenvalue weighted by molar-refractivity contribution is 14.0. The van der Waals surface area contributed by atoms with Crippen LogP contribution < -0.4 is 5.32 Å². The lowest BCUT2D eigenvalue weighted by atomic mass is 10.0. The Labute approximate surface area is 181 Å². The van der Waals surface area contributed by atoms with Crippen molar-refractivity contribution in [2.24, 2.45) is 10.9 Å². The molecule has 0 amide bonds. The molecular weight excluding hydrogens is 451 g/mol. The van der Waals surface area contributed by atoms with Crippen LogP contribution in [0, 0.1) is 5.92 Å². The second-order valence-corrected chi connectivity index (χ2v) is 7.47. The fraction of sp³-hybridized carbons (Fsp3) is 0.667. The number of likely N-dealkylation sites (N-methyl/N-ethyl adjacent to an activating group) is 1. The molecule has 5 nitrogen and oxygen atoms in total. The minimum absolute atomic E-state index is 0. The third-order valence-electron chi connectivity index (χ3n) is 5.21. The van der Waals surface area contributed by atoms with E-state index in [4.69, 9.17) is 9.73 Å². The van der Waals surface area contributed by atoms with Gasteiger partial charge in [0.15, 0.2) is 5.96 Å². The summed E-state index contributed by atoms with van der Waals surface area (Å²) in [5.41, 5.74) is 2.98. The summed E-state index contributed by atoms with van der Waals surface area (Å²) in [6.07, 6.45) is 3.85. The van der Waals surface area contributed by atoms with Gasteiger partial charge in [-0.05, 0) is 43.2 Å². The summed E-state index contributed by atoms with van der Waals surface area (Å²) in [5, 5.41) is 3.40. The van der Waals surface area contributed by atoms with Crippen LogP contribution in [-0.2, 0) is 17.7 Å². The highest BCUT2D eigenvalue weighted by Gasteiger charge is 2.21. The van der Waals surface area contributed by atoms with E-state index in [2.05, 4.69) is 53.4 Å². The molecule has 0 aromatic heterocycles. The standard InChI is InChI=1S/C21H34N4O.HI/c1-3-22-21(24(2)14-15-26-17-18-8-9-18)23-11-13-25-12-10-19-6-4-5-7-20(19)16-25;/h4-7,18H,3,8-17H2,1-2H3,(H,22,23);1H. The smallest absolute Gasteiger partial charge is 0.193 e. The molecule has 0 radical (unpaired) electrons. The lowest BCUT2D eigenvalue weighted by Crippen LogP contribution is -2.41. The van der Waals surface area contributed by atoms with E-state index in [0.717, 1.165) is 70.8 Å². The molecule has 1 aromatic rings. The van der Waals surface area contributed by atoms with Crippen LogP contribution in [0.25, 0.3) is 0 Å².